The number of allylic oxidation sites excluding steroid dienone is 1. The van der Waals surface area contributed by atoms with Gasteiger partial charge in [0.25, 0.3) is 0 Å². The number of halogens is 2. The van der Waals surface area contributed by atoms with Crippen molar-refractivity contribution in [1.82, 2.24) is 0 Å². The average molecular weight is 245 g/mol. The Labute approximate surface area is 98.1 Å². The fourth-order valence-electron chi connectivity index (χ4n) is 1.13. The predicted octanol–water partition coefficient (Wildman–Crippen LogP) is 3.57. The molecule has 0 aromatic heterocycles. The van der Waals surface area contributed by atoms with Gasteiger partial charge in [-0.25, -0.2) is 4.79 Å². The summed E-state index contributed by atoms with van der Waals surface area (Å²) in [6, 6.07) is 5.40. The molecule has 1 aromatic carbocycles. The van der Waals surface area contributed by atoms with Crippen molar-refractivity contribution in [3.05, 3.63) is 46.0 Å². The molecule has 0 fully saturated rings. The molecule has 4 heteroatoms. The summed E-state index contributed by atoms with van der Waals surface area (Å²) in [7, 11) is 0. The lowest BCUT2D eigenvalue weighted by molar-refractivity contribution is -0.131. The van der Waals surface area contributed by atoms with Crippen molar-refractivity contribution < 1.29 is 9.90 Å². The molecule has 1 N–H and O–H groups in total. The predicted molar refractivity (Wildman–Crippen MR) is 61.6 cm³/mol. The maximum Gasteiger partial charge on any atom is 0.327 e. The van der Waals surface area contributed by atoms with E-state index in [2.05, 4.69) is 0 Å². The van der Waals surface area contributed by atoms with Crippen molar-refractivity contribution in [2.75, 3.05) is 0 Å². The van der Waals surface area contributed by atoms with Gasteiger partial charge in [-0.05, 0) is 30.5 Å². The molecule has 0 amide bonds. The fourth-order valence-corrected chi connectivity index (χ4v) is 1.45. The number of aryl methyl sites for hydroxylation is 1. The third-order valence-electron chi connectivity index (χ3n) is 1.84. The number of carboxylic acid groups (broad SMARTS) is 1. The summed E-state index contributed by atoms with van der Waals surface area (Å²) in [6.07, 6.45) is 4.17. The normalized spacial score (nSPS) is 10.8. The monoisotopic (exact) mass is 244 g/mol. The highest BCUT2D eigenvalue weighted by Crippen LogP contribution is 2.23. The molecule has 0 saturated carbocycles. The number of rotatable bonds is 4. The van der Waals surface area contributed by atoms with Crippen molar-refractivity contribution in [1.29, 1.82) is 0 Å². The highest BCUT2D eigenvalue weighted by molar-refractivity contribution is 6.42. The van der Waals surface area contributed by atoms with E-state index in [1.54, 1.807) is 18.2 Å². The number of carboxylic acids is 1. The molecule has 0 aliphatic heterocycles. The third kappa shape index (κ3) is 4.36. The maximum atomic E-state index is 10.2. The lowest BCUT2D eigenvalue weighted by atomic mass is 10.1. The van der Waals surface area contributed by atoms with E-state index in [9.17, 15) is 4.79 Å². The second-order valence-electron chi connectivity index (χ2n) is 3.03. The van der Waals surface area contributed by atoms with Crippen LogP contribution in [0.5, 0.6) is 0 Å². The first-order valence-electron chi connectivity index (χ1n) is 4.43. The van der Waals surface area contributed by atoms with Gasteiger partial charge in [0, 0.05) is 6.08 Å². The van der Waals surface area contributed by atoms with Crippen LogP contribution in [-0.4, -0.2) is 11.1 Å². The highest BCUT2D eigenvalue weighted by Gasteiger charge is 1.98. The Hall–Kier alpha value is -0.990. The number of carbonyl (C=O) groups is 1. The van der Waals surface area contributed by atoms with Crippen LogP contribution < -0.4 is 0 Å². The third-order valence-corrected chi connectivity index (χ3v) is 2.58. The number of aliphatic carboxylic acids is 1. The minimum absolute atomic E-state index is 0.524. The van der Waals surface area contributed by atoms with Gasteiger partial charge < -0.3 is 5.11 Å². The minimum atomic E-state index is -0.927. The second kappa shape index (κ2) is 5.79. The van der Waals surface area contributed by atoms with E-state index in [1.165, 1.54) is 0 Å². The average Bonchev–Trinajstić information content (AvgIpc) is 2.18. The number of hydrogen-bond donors (Lipinski definition) is 1. The summed E-state index contributed by atoms with van der Waals surface area (Å²) in [6.45, 7) is 0. The minimum Gasteiger partial charge on any atom is -0.478 e. The highest BCUT2D eigenvalue weighted by atomic mass is 35.5. The molecular formula is C11H10Cl2O2. The molecule has 0 spiro atoms. The molecule has 0 atom stereocenters. The lowest BCUT2D eigenvalue weighted by Crippen LogP contribution is -1.87. The zero-order valence-corrected chi connectivity index (χ0v) is 9.42. The molecule has 0 radical (unpaired) electrons. The zero-order valence-electron chi connectivity index (χ0n) is 7.91. The largest absolute Gasteiger partial charge is 0.478 e. The molecule has 0 aliphatic carbocycles. The van der Waals surface area contributed by atoms with Crippen molar-refractivity contribution in [2.45, 2.75) is 12.8 Å². The summed E-state index contributed by atoms with van der Waals surface area (Å²) < 4.78 is 0. The topological polar surface area (TPSA) is 37.3 Å². The molecular weight excluding hydrogens is 235 g/mol. The van der Waals surface area contributed by atoms with E-state index < -0.39 is 5.97 Å². The van der Waals surface area contributed by atoms with Gasteiger partial charge >= 0.3 is 5.97 Å². The van der Waals surface area contributed by atoms with Crippen LogP contribution in [0.2, 0.25) is 10.0 Å². The maximum absolute atomic E-state index is 10.2. The smallest absolute Gasteiger partial charge is 0.327 e. The van der Waals surface area contributed by atoms with E-state index >= 15 is 0 Å². The van der Waals surface area contributed by atoms with Gasteiger partial charge in [-0.3, -0.25) is 0 Å². The first-order valence-corrected chi connectivity index (χ1v) is 5.18. The SMILES string of the molecule is O=C(O)/C=C/CCc1ccc(Cl)c(Cl)c1. The first kappa shape index (κ1) is 12.1. The molecule has 0 aliphatic rings. The van der Waals surface area contributed by atoms with Gasteiger partial charge in [-0.1, -0.05) is 35.3 Å². The van der Waals surface area contributed by atoms with E-state index in [-0.39, 0.29) is 0 Å². The van der Waals surface area contributed by atoms with E-state index in [1.807, 2.05) is 6.07 Å². The van der Waals surface area contributed by atoms with Crippen LogP contribution in [0.25, 0.3) is 0 Å². The van der Waals surface area contributed by atoms with E-state index in [0.717, 1.165) is 18.1 Å². The molecule has 0 saturated heterocycles. The lowest BCUT2D eigenvalue weighted by Gasteiger charge is -2.00. The van der Waals surface area contributed by atoms with Crippen molar-refractivity contribution >= 4 is 29.2 Å². The van der Waals surface area contributed by atoms with E-state index in [4.69, 9.17) is 28.3 Å². The Morgan fingerprint density at radius 3 is 2.67 bits per heavy atom. The van der Waals surface area contributed by atoms with Crippen molar-refractivity contribution in [3.63, 3.8) is 0 Å². The molecule has 0 bridgehead atoms. The van der Waals surface area contributed by atoms with Crippen LogP contribution in [0.1, 0.15) is 12.0 Å². The molecule has 80 valence electrons. The van der Waals surface area contributed by atoms with Gasteiger partial charge in [-0.15, -0.1) is 0 Å². The summed E-state index contributed by atoms with van der Waals surface area (Å²) >= 11 is 11.6. The molecule has 0 unspecified atom stereocenters. The van der Waals surface area contributed by atoms with Crippen LogP contribution in [-0.2, 0) is 11.2 Å². The van der Waals surface area contributed by atoms with Gasteiger partial charge in [0.05, 0.1) is 10.0 Å². The van der Waals surface area contributed by atoms with Crippen molar-refractivity contribution in [2.24, 2.45) is 0 Å². The summed E-state index contributed by atoms with van der Waals surface area (Å²) in [5.41, 5.74) is 1.04. The first-order chi connectivity index (χ1) is 7.09. The molecule has 0 heterocycles. The van der Waals surface area contributed by atoms with Crippen molar-refractivity contribution in [3.8, 4) is 0 Å². The Bertz CT molecular complexity index is 386. The molecule has 1 rings (SSSR count). The second-order valence-corrected chi connectivity index (χ2v) is 3.84. The van der Waals surface area contributed by atoms with Gasteiger partial charge in [0.15, 0.2) is 0 Å². The Morgan fingerprint density at radius 1 is 1.33 bits per heavy atom. The van der Waals surface area contributed by atoms with Crippen LogP contribution in [0.3, 0.4) is 0 Å². The quantitative estimate of drug-likeness (QED) is 0.823. The zero-order chi connectivity index (χ0) is 11.3. The van der Waals surface area contributed by atoms with Crippen LogP contribution in [0.4, 0.5) is 0 Å². The Kier molecular flexibility index (Phi) is 4.66. The van der Waals surface area contributed by atoms with Gasteiger partial charge in [0.1, 0.15) is 0 Å². The summed E-state index contributed by atoms with van der Waals surface area (Å²) in [4.78, 5) is 10.2. The fraction of sp³-hybridized carbons (Fsp3) is 0.182. The Morgan fingerprint density at radius 2 is 2.07 bits per heavy atom. The Balaban J connectivity index is 2.51. The van der Waals surface area contributed by atoms with Crippen LogP contribution >= 0.6 is 23.2 Å². The molecule has 2 nitrogen and oxygen atoms in total. The number of hydrogen-bond acceptors (Lipinski definition) is 1. The van der Waals surface area contributed by atoms with Gasteiger partial charge in [-0.2, -0.15) is 0 Å². The van der Waals surface area contributed by atoms with E-state index in [0.29, 0.717) is 16.5 Å². The summed E-state index contributed by atoms with van der Waals surface area (Å²) in [5.74, 6) is -0.927. The molecule has 1 aromatic rings. The number of benzene rings is 1. The molecule has 15 heavy (non-hydrogen) atoms. The van der Waals surface area contributed by atoms with Gasteiger partial charge in [0.2, 0.25) is 0 Å². The van der Waals surface area contributed by atoms with Crippen LogP contribution in [0.15, 0.2) is 30.4 Å². The standard InChI is InChI=1S/C11H10Cl2O2/c12-9-6-5-8(7-10(9)13)3-1-2-4-11(14)15/h2,4-7H,1,3H2,(H,14,15)/b4-2+. The summed E-state index contributed by atoms with van der Waals surface area (Å²) in [5, 5.41) is 9.42. The van der Waals surface area contributed by atoms with Crippen LogP contribution in [0, 0.1) is 0 Å².